The van der Waals surface area contributed by atoms with Crippen molar-refractivity contribution in [2.24, 2.45) is 0 Å². The maximum atomic E-state index is 12.9. The molecule has 0 bridgehead atoms. The van der Waals surface area contributed by atoms with Gasteiger partial charge in [-0.3, -0.25) is 0 Å². The average molecular weight is 330 g/mol. The largest absolute Gasteiger partial charge is 0.480 e. The first kappa shape index (κ1) is 17.5. The standard InChI is InChI=1S/C18H19FN2O3/c1-13(17(22)23)21(12-15-5-3-2-4-6-15)18(24)20-11-14-7-9-16(19)10-8-14/h2-10,13H,11-12H2,1H3,(H,20,24)(H,22,23). The highest BCUT2D eigenvalue weighted by Crippen LogP contribution is 2.10. The second-order valence-corrected chi connectivity index (χ2v) is 5.41. The summed E-state index contributed by atoms with van der Waals surface area (Å²) in [5, 5.41) is 11.9. The van der Waals surface area contributed by atoms with Crippen LogP contribution in [-0.4, -0.2) is 28.0 Å². The van der Waals surface area contributed by atoms with Crippen LogP contribution in [0.2, 0.25) is 0 Å². The van der Waals surface area contributed by atoms with Gasteiger partial charge in [0.25, 0.3) is 0 Å². The number of carboxylic acid groups (broad SMARTS) is 1. The zero-order valence-electron chi connectivity index (χ0n) is 13.3. The number of benzene rings is 2. The Kier molecular flexibility index (Phi) is 5.89. The highest BCUT2D eigenvalue weighted by Gasteiger charge is 2.25. The van der Waals surface area contributed by atoms with Crippen molar-refractivity contribution in [3.05, 3.63) is 71.5 Å². The number of carboxylic acids is 1. The van der Waals surface area contributed by atoms with Gasteiger partial charge in [-0.2, -0.15) is 0 Å². The molecule has 2 aromatic carbocycles. The number of halogens is 1. The van der Waals surface area contributed by atoms with Gasteiger partial charge in [0.05, 0.1) is 0 Å². The second kappa shape index (κ2) is 8.10. The van der Waals surface area contributed by atoms with Crippen LogP contribution in [0.4, 0.5) is 9.18 Å². The molecule has 2 rings (SSSR count). The van der Waals surface area contributed by atoms with E-state index in [4.69, 9.17) is 0 Å². The molecule has 0 aliphatic heterocycles. The minimum absolute atomic E-state index is 0.184. The van der Waals surface area contributed by atoms with Gasteiger partial charge < -0.3 is 15.3 Å². The van der Waals surface area contributed by atoms with Crippen LogP contribution in [0.15, 0.2) is 54.6 Å². The van der Waals surface area contributed by atoms with E-state index in [1.54, 1.807) is 12.1 Å². The molecular weight excluding hydrogens is 311 g/mol. The molecule has 24 heavy (non-hydrogen) atoms. The van der Waals surface area contributed by atoms with E-state index in [-0.39, 0.29) is 18.9 Å². The van der Waals surface area contributed by atoms with Crippen molar-refractivity contribution >= 4 is 12.0 Å². The smallest absolute Gasteiger partial charge is 0.326 e. The van der Waals surface area contributed by atoms with E-state index in [0.29, 0.717) is 0 Å². The molecule has 0 aliphatic carbocycles. The van der Waals surface area contributed by atoms with Crippen LogP contribution in [-0.2, 0) is 17.9 Å². The fourth-order valence-electron chi connectivity index (χ4n) is 2.18. The fourth-order valence-corrected chi connectivity index (χ4v) is 2.18. The molecule has 0 saturated carbocycles. The number of hydrogen-bond donors (Lipinski definition) is 2. The number of hydrogen-bond acceptors (Lipinski definition) is 2. The monoisotopic (exact) mass is 330 g/mol. The topological polar surface area (TPSA) is 69.6 Å². The molecule has 1 unspecified atom stereocenters. The molecule has 0 saturated heterocycles. The molecule has 0 aromatic heterocycles. The Labute approximate surface area is 139 Å². The summed E-state index contributed by atoms with van der Waals surface area (Å²) in [6, 6.07) is 13.5. The van der Waals surface area contributed by atoms with Crippen LogP contribution in [0, 0.1) is 5.82 Å². The van der Waals surface area contributed by atoms with E-state index in [2.05, 4.69) is 5.32 Å². The Bertz CT molecular complexity index is 689. The first-order chi connectivity index (χ1) is 11.5. The van der Waals surface area contributed by atoms with Gasteiger partial charge in [0.15, 0.2) is 0 Å². The summed E-state index contributed by atoms with van der Waals surface area (Å²) in [7, 11) is 0. The number of urea groups is 1. The predicted octanol–water partition coefficient (Wildman–Crippen LogP) is 3.01. The average Bonchev–Trinajstić information content (AvgIpc) is 2.59. The molecule has 2 N–H and O–H groups in total. The van der Waals surface area contributed by atoms with Crippen LogP contribution in [0.5, 0.6) is 0 Å². The number of amides is 2. The number of aliphatic carboxylic acids is 1. The molecule has 0 spiro atoms. The van der Waals surface area contributed by atoms with Crippen LogP contribution in [0.3, 0.4) is 0 Å². The number of nitrogens with zero attached hydrogens (tertiary/aromatic N) is 1. The highest BCUT2D eigenvalue weighted by molar-refractivity contribution is 5.82. The number of nitrogens with one attached hydrogen (secondary N) is 1. The molecule has 0 radical (unpaired) electrons. The first-order valence-electron chi connectivity index (χ1n) is 7.53. The van der Waals surface area contributed by atoms with Gasteiger partial charge in [-0.15, -0.1) is 0 Å². The molecule has 2 aromatic rings. The maximum absolute atomic E-state index is 12.9. The molecular formula is C18H19FN2O3. The van der Waals surface area contributed by atoms with E-state index in [9.17, 15) is 19.1 Å². The lowest BCUT2D eigenvalue weighted by atomic mass is 10.2. The highest BCUT2D eigenvalue weighted by atomic mass is 19.1. The Morgan fingerprint density at radius 3 is 2.29 bits per heavy atom. The lowest BCUT2D eigenvalue weighted by molar-refractivity contribution is -0.141. The van der Waals surface area contributed by atoms with E-state index in [1.165, 1.54) is 24.0 Å². The number of carbonyl (C=O) groups is 2. The lowest BCUT2D eigenvalue weighted by Gasteiger charge is -2.27. The number of carbonyl (C=O) groups excluding carboxylic acids is 1. The molecule has 126 valence electrons. The van der Waals surface area contributed by atoms with Gasteiger partial charge in [0.1, 0.15) is 11.9 Å². The normalized spacial score (nSPS) is 11.6. The van der Waals surface area contributed by atoms with E-state index in [0.717, 1.165) is 11.1 Å². The summed E-state index contributed by atoms with van der Waals surface area (Å²) in [5.41, 5.74) is 1.56. The fraction of sp³-hybridized carbons (Fsp3) is 0.222. The third kappa shape index (κ3) is 4.81. The molecule has 1 atom stereocenters. The molecule has 0 fully saturated rings. The first-order valence-corrected chi connectivity index (χ1v) is 7.53. The van der Waals surface area contributed by atoms with Crippen molar-refractivity contribution in [3.8, 4) is 0 Å². The van der Waals surface area contributed by atoms with Crippen LogP contribution < -0.4 is 5.32 Å². The lowest BCUT2D eigenvalue weighted by Crippen LogP contribution is -2.47. The zero-order chi connectivity index (χ0) is 17.5. The van der Waals surface area contributed by atoms with Crippen molar-refractivity contribution in [2.75, 3.05) is 0 Å². The van der Waals surface area contributed by atoms with Crippen molar-refractivity contribution in [1.29, 1.82) is 0 Å². The summed E-state index contributed by atoms with van der Waals surface area (Å²) >= 11 is 0. The maximum Gasteiger partial charge on any atom is 0.326 e. The predicted molar refractivity (Wildman–Crippen MR) is 87.7 cm³/mol. The van der Waals surface area contributed by atoms with Gasteiger partial charge in [0.2, 0.25) is 0 Å². The summed E-state index contributed by atoms with van der Waals surface area (Å²) in [6.07, 6.45) is 0. The summed E-state index contributed by atoms with van der Waals surface area (Å²) in [6.45, 7) is 1.84. The van der Waals surface area contributed by atoms with Gasteiger partial charge in [-0.05, 0) is 30.2 Å². The molecule has 0 aliphatic rings. The molecule has 0 heterocycles. The summed E-state index contributed by atoms with van der Waals surface area (Å²) < 4.78 is 12.9. The van der Waals surface area contributed by atoms with Gasteiger partial charge in [-0.25, -0.2) is 14.0 Å². The second-order valence-electron chi connectivity index (χ2n) is 5.41. The minimum atomic E-state index is -1.08. The Morgan fingerprint density at radius 1 is 1.08 bits per heavy atom. The summed E-state index contributed by atoms with van der Waals surface area (Å²) in [5.74, 6) is -1.43. The van der Waals surface area contributed by atoms with Crippen LogP contribution in [0.1, 0.15) is 18.1 Å². The van der Waals surface area contributed by atoms with E-state index >= 15 is 0 Å². The molecule has 6 heteroatoms. The Hall–Kier alpha value is -2.89. The van der Waals surface area contributed by atoms with Crippen molar-refractivity contribution in [2.45, 2.75) is 26.1 Å². The van der Waals surface area contributed by atoms with E-state index in [1.807, 2.05) is 30.3 Å². The Balaban J connectivity index is 2.06. The number of rotatable bonds is 6. The van der Waals surface area contributed by atoms with Crippen LogP contribution in [0.25, 0.3) is 0 Å². The van der Waals surface area contributed by atoms with Gasteiger partial charge in [-0.1, -0.05) is 42.5 Å². The minimum Gasteiger partial charge on any atom is -0.480 e. The quantitative estimate of drug-likeness (QED) is 0.855. The van der Waals surface area contributed by atoms with Gasteiger partial charge in [0, 0.05) is 13.1 Å². The third-order valence-electron chi connectivity index (χ3n) is 3.64. The summed E-state index contributed by atoms with van der Waals surface area (Å²) in [4.78, 5) is 24.9. The van der Waals surface area contributed by atoms with Gasteiger partial charge >= 0.3 is 12.0 Å². The molecule has 2 amide bonds. The van der Waals surface area contributed by atoms with Crippen molar-refractivity contribution in [3.63, 3.8) is 0 Å². The van der Waals surface area contributed by atoms with Crippen LogP contribution >= 0.6 is 0 Å². The van der Waals surface area contributed by atoms with E-state index < -0.39 is 18.0 Å². The SMILES string of the molecule is CC(C(=O)O)N(Cc1ccccc1)C(=O)NCc1ccc(F)cc1. The Morgan fingerprint density at radius 2 is 1.71 bits per heavy atom. The van der Waals surface area contributed by atoms with Crippen molar-refractivity contribution in [1.82, 2.24) is 10.2 Å². The zero-order valence-corrected chi connectivity index (χ0v) is 13.3. The third-order valence-corrected chi connectivity index (χ3v) is 3.64. The van der Waals surface area contributed by atoms with Crippen molar-refractivity contribution < 1.29 is 19.1 Å². The molecule has 5 nitrogen and oxygen atoms in total.